The van der Waals surface area contributed by atoms with Crippen LogP contribution in [-0.2, 0) is 11.3 Å². The summed E-state index contributed by atoms with van der Waals surface area (Å²) in [6.07, 6.45) is 0. The lowest BCUT2D eigenvalue weighted by Gasteiger charge is -2.07. The van der Waals surface area contributed by atoms with Crippen molar-refractivity contribution in [1.82, 2.24) is 10.1 Å². The molecule has 7 heteroatoms. The molecule has 0 N–H and O–H groups in total. The minimum Gasteiger partial charge on any atom is -0.483 e. The summed E-state index contributed by atoms with van der Waals surface area (Å²) >= 11 is 3.37. The Morgan fingerprint density at radius 1 is 1.24 bits per heavy atom. The number of benzene rings is 2. The zero-order valence-corrected chi connectivity index (χ0v) is 15.2. The number of aryl methyl sites for hydroxylation is 1. The van der Waals surface area contributed by atoms with Crippen LogP contribution in [0.1, 0.15) is 21.8 Å². The van der Waals surface area contributed by atoms with E-state index in [2.05, 4.69) is 30.8 Å². The summed E-state index contributed by atoms with van der Waals surface area (Å²) in [4.78, 5) is 15.8. The largest absolute Gasteiger partial charge is 0.483 e. The Kier molecular flexibility index (Phi) is 5.14. The van der Waals surface area contributed by atoms with Crippen molar-refractivity contribution in [1.29, 1.82) is 0 Å². The molecule has 1 heterocycles. The van der Waals surface area contributed by atoms with E-state index in [1.54, 1.807) is 18.2 Å². The van der Waals surface area contributed by atoms with Gasteiger partial charge >= 0.3 is 5.97 Å². The summed E-state index contributed by atoms with van der Waals surface area (Å²) in [5, 5.41) is 3.97. The lowest BCUT2D eigenvalue weighted by Crippen LogP contribution is -2.02. The molecule has 3 aromatic rings. The molecule has 0 saturated carbocycles. The van der Waals surface area contributed by atoms with E-state index in [9.17, 15) is 4.79 Å². The summed E-state index contributed by atoms with van der Waals surface area (Å²) in [6.45, 7) is 2.12. The number of hydrogen-bond acceptors (Lipinski definition) is 6. The molecular weight excluding hydrogens is 388 g/mol. The fourth-order valence-electron chi connectivity index (χ4n) is 2.22. The molecule has 1 aromatic heterocycles. The highest BCUT2D eigenvalue weighted by atomic mass is 79.9. The van der Waals surface area contributed by atoms with Crippen LogP contribution in [0.25, 0.3) is 11.4 Å². The topological polar surface area (TPSA) is 74.5 Å². The van der Waals surface area contributed by atoms with Crippen LogP contribution in [0.5, 0.6) is 5.75 Å². The van der Waals surface area contributed by atoms with Crippen LogP contribution in [0.15, 0.2) is 51.5 Å². The van der Waals surface area contributed by atoms with Crippen molar-refractivity contribution in [3.8, 4) is 17.1 Å². The monoisotopic (exact) mass is 402 g/mol. The van der Waals surface area contributed by atoms with Gasteiger partial charge in [-0.1, -0.05) is 28.9 Å². The Morgan fingerprint density at radius 2 is 2.08 bits per heavy atom. The van der Waals surface area contributed by atoms with Gasteiger partial charge in [0.05, 0.1) is 17.1 Å². The highest BCUT2D eigenvalue weighted by Crippen LogP contribution is 2.27. The average molecular weight is 403 g/mol. The first-order valence-electron chi connectivity index (χ1n) is 7.47. The molecule has 0 aliphatic heterocycles. The minimum atomic E-state index is -0.410. The maximum absolute atomic E-state index is 11.5. The lowest BCUT2D eigenvalue weighted by atomic mass is 10.1. The molecule has 0 radical (unpaired) electrons. The van der Waals surface area contributed by atoms with Gasteiger partial charge in [0.2, 0.25) is 5.82 Å². The van der Waals surface area contributed by atoms with Gasteiger partial charge in [0.1, 0.15) is 5.75 Å². The first-order chi connectivity index (χ1) is 12.1. The second-order valence-electron chi connectivity index (χ2n) is 5.31. The molecule has 3 rings (SSSR count). The molecule has 6 nitrogen and oxygen atoms in total. The first kappa shape index (κ1) is 17.2. The molecule has 0 aliphatic carbocycles. The Bertz CT molecular complexity index is 908. The van der Waals surface area contributed by atoms with Crippen LogP contribution >= 0.6 is 15.9 Å². The van der Waals surface area contributed by atoms with Gasteiger partial charge < -0.3 is 14.0 Å². The van der Waals surface area contributed by atoms with E-state index < -0.39 is 5.97 Å². The molecule has 0 aliphatic rings. The summed E-state index contributed by atoms with van der Waals surface area (Å²) < 4.78 is 16.2. The van der Waals surface area contributed by atoms with Crippen LogP contribution in [0, 0.1) is 6.92 Å². The van der Waals surface area contributed by atoms with Gasteiger partial charge in [0.15, 0.2) is 6.61 Å². The molecule has 0 bridgehead atoms. The van der Waals surface area contributed by atoms with Crippen LogP contribution in [0.4, 0.5) is 0 Å². The van der Waals surface area contributed by atoms with Gasteiger partial charge in [-0.3, -0.25) is 0 Å². The quantitative estimate of drug-likeness (QED) is 0.596. The Balaban J connectivity index is 1.69. The van der Waals surface area contributed by atoms with E-state index in [0.717, 1.165) is 11.1 Å². The number of carbonyl (C=O) groups excluding carboxylic acids is 1. The van der Waals surface area contributed by atoms with Crippen molar-refractivity contribution in [2.24, 2.45) is 0 Å². The summed E-state index contributed by atoms with van der Waals surface area (Å²) in [6, 6.07) is 12.8. The third-order valence-electron chi connectivity index (χ3n) is 3.45. The normalized spacial score (nSPS) is 10.5. The number of methoxy groups -OCH3 is 1. The number of esters is 1. The molecule has 0 spiro atoms. The number of aromatic nitrogens is 2. The molecule has 2 aromatic carbocycles. The number of carbonyl (C=O) groups is 1. The second kappa shape index (κ2) is 7.48. The zero-order chi connectivity index (χ0) is 17.8. The molecule has 0 unspecified atom stereocenters. The van der Waals surface area contributed by atoms with E-state index in [4.69, 9.17) is 9.26 Å². The van der Waals surface area contributed by atoms with E-state index in [1.165, 1.54) is 7.11 Å². The van der Waals surface area contributed by atoms with Crippen molar-refractivity contribution in [2.45, 2.75) is 13.5 Å². The fraction of sp³-hybridized carbons (Fsp3) is 0.167. The molecule has 0 amide bonds. The van der Waals surface area contributed by atoms with Gasteiger partial charge in [-0.2, -0.15) is 4.98 Å². The van der Waals surface area contributed by atoms with Crippen LogP contribution in [0.2, 0.25) is 0 Å². The second-order valence-corrected chi connectivity index (χ2v) is 6.16. The first-order valence-corrected chi connectivity index (χ1v) is 8.26. The fourth-order valence-corrected chi connectivity index (χ4v) is 2.71. The zero-order valence-electron chi connectivity index (χ0n) is 13.7. The van der Waals surface area contributed by atoms with E-state index in [-0.39, 0.29) is 6.61 Å². The molecule has 0 atom stereocenters. The van der Waals surface area contributed by atoms with Crippen LogP contribution in [0.3, 0.4) is 0 Å². The predicted molar refractivity (Wildman–Crippen MR) is 94.3 cm³/mol. The minimum absolute atomic E-state index is 0.120. The van der Waals surface area contributed by atoms with Crippen molar-refractivity contribution < 1.29 is 18.8 Å². The van der Waals surface area contributed by atoms with Crippen molar-refractivity contribution in [3.05, 3.63) is 64.0 Å². The number of nitrogens with zero attached hydrogens (tertiary/aromatic N) is 2. The van der Waals surface area contributed by atoms with Gasteiger partial charge in [-0.25, -0.2) is 4.79 Å². The van der Waals surface area contributed by atoms with E-state index in [1.807, 2.05) is 31.2 Å². The van der Waals surface area contributed by atoms with Crippen molar-refractivity contribution in [2.75, 3.05) is 7.11 Å². The van der Waals surface area contributed by atoms with Crippen LogP contribution < -0.4 is 4.74 Å². The maximum Gasteiger partial charge on any atom is 0.337 e. The number of hydrogen-bond donors (Lipinski definition) is 0. The standard InChI is InChI=1S/C18H15BrN2O4/c1-11-4-3-5-12(8-11)17-20-16(25-21-17)10-24-15-7-6-13(9-14(15)19)18(22)23-2/h3-9H,10H2,1-2H3. The summed E-state index contributed by atoms with van der Waals surface area (Å²) in [5.41, 5.74) is 2.44. The molecule has 0 saturated heterocycles. The van der Waals surface area contributed by atoms with Crippen molar-refractivity contribution in [3.63, 3.8) is 0 Å². The van der Waals surface area contributed by atoms with E-state index >= 15 is 0 Å². The van der Waals surface area contributed by atoms with Gasteiger partial charge in [0.25, 0.3) is 5.89 Å². The van der Waals surface area contributed by atoms with E-state index in [0.29, 0.717) is 27.5 Å². The average Bonchev–Trinajstić information content (AvgIpc) is 3.09. The summed E-state index contributed by atoms with van der Waals surface area (Å²) in [5.74, 6) is 1.03. The molecule has 25 heavy (non-hydrogen) atoms. The summed E-state index contributed by atoms with van der Waals surface area (Å²) in [7, 11) is 1.34. The predicted octanol–water partition coefficient (Wildman–Crippen LogP) is 4.17. The Labute approximate surface area is 152 Å². The number of rotatable bonds is 5. The highest BCUT2D eigenvalue weighted by Gasteiger charge is 2.12. The van der Waals surface area contributed by atoms with Gasteiger partial charge in [-0.05, 0) is 47.1 Å². The Morgan fingerprint density at radius 3 is 2.80 bits per heavy atom. The molecular formula is C18H15BrN2O4. The molecule has 0 fully saturated rings. The third-order valence-corrected chi connectivity index (χ3v) is 4.07. The third kappa shape index (κ3) is 4.06. The SMILES string of the molecule is COC(=O)c1ccc(OCc2nc(-c3cccc(C)c3)no2)c(Br)c1. The Hall–Kier alpha value is -2.67. The molecule has 128 valence electrons. The number of ether oxygens (including phenoxy) is 2. The lowest BCUT2D eigenvalue weighted by molar-refractivity contribution is 0.0600. The van der Waals surface area contributed by atoms with Crippen LogP contribution in [-0.4, -0.2) is 23.2 Å². The smallest absolute Gasteiger partial charge is 0.337 e. The van der Waals surface area contributed by atoms with Gasteiger partial charge in [-0.15, -0.1) is 0 Å². The van der Waals surface area contributed by atoms with Gasteiger partial charge in [0, 0.05) is 5.56 Å². The highest BCUT2D eigenvalue weighted by molar-refractivity contribution is 9.10. The number of halogens is 1. The maximum atomic E-state index is 11.5. The van der Waals surface area contributed by atoms with Crippen molar-refractivity contribution >= 4 is 21.9 Å².